The molecule has 4 nitrogen and oxygen atoms in total. The van der Waals surface area contributed by atoms with E-state index in [1.54, 1.807) is 0 Å². The smallest absolute Gasteiger partial charge is 0.312 e. The van der Waals surface area contributed by atoms with Gasteiger partial charge in [-0.3, -0.25) is 0 Å². The number of aldehydes is 1. The van der Waals surface area contributed by atoms with Gasteiger partial charge < -0.3 is 15.8 Å². The molecular weight excluding hydrogens is 336 g/mol. The lowest BCUT2D eigenvalue weighted by Gasteiger charge is -2.64. The molecule has 4 rings (SSSR count). The van der Waals surface area contributed by atoms with Crippen LogP contribution < -0.4 is 11.1 Å². The molecule has 0 saturated heterocycles. The van der Waals surface area contributed by atoms with Crippen molar-refractivity contribution < 1.29 is 9.59 Å². The second-order valence-electron chi connectivity index (χ2n) is 11.0. The zero-order valence-electron chi connectivity index (χ0n) is 17.4. The first-order valence-corrected chi connectivity index (χ1v) is 11.3. The second kappa shape index (κ2) is 6.49. The van der Waals surface area contributed by atoms with Gasteiger partial charge in [0.2, 0.25) is 0 Å². The molecule has 3 N–H and O–H groups in total. The van der Waals surface area contributed by atoms with E-state index in [9.17, 15) is 9.59 Å². The number of amides is 2. The Bertz CT molecular complexity index is 621. The number of urea groups is 1. The SMILES string of the molecule is CC(C=O)(NC(N)=O)C1CCCC2CC[C@@H]3[C@@H](CC[C@]4(C)CCC[C@@H]34)[C@]21C. The number of nitrogens with one attached hydrogen (secondary N) is 1. The van der Waals surface area contributed by atoms with Crippen molar-refractivity contribution in [3.05, 3.63) is 0 Å². The van der Waals surface area contributed by atoms with Crippen LogP contribution in [0.5, 0.6) is 0 Å². The lowest BCUT2D eigenvalue weighted by Crippen LogP contribution is -2.65. The molecule has 0 heterocycles. The number of rotatable bonds is 3. The molecule has 0 aromatic carbocycles. The summed E-state index contributed by atoms with van der Waals surface area (Å²) in [6.07, 6.45) is 13.9. The highest BCUT2D eigenvalue weighted by atomic mass is 16.2. The average Bonchev–Trinajstić information content (AvgIpc) is 3.02. The van der Waals surface area contributed by atoms with Gasteiger partial charge in [-0.05, 0) is 98.7 Å². The van der Waals surface area contributed by atoms with E-state index in [1.807, 2.05) is 6.92 Å². The summed E-state index contributed by atoms with van der Waals surface area (Å²) < 4.78 is 0. The van der Waals surface area contributed by atoms with Crippen molar-refractivity contribution in [1.82, 2.24) is 5.32 Å². The summed E-state index contributed by atoms with van der Waals surface area (Å²) in [5.74, 6) is 3.22. The average molecular weight is 375 g/mol. The Labute approximate surface area is 164 Å². The molecule has 4 saturated carbocycles. The van der Waals surface area contributed by atoms with Gasteiger partial charge in [0, 0.05) is 0 Å². The first-order chi connectivity index (χ1) is 12.7. The quantitative estimate of drug-likeness (QED) is 0.705. The maximum Gasteiger partial charge on any atom is 0.312 e. The van der Waals surface area contributed by atoms with Crippen LogP contribution in [0, 0.1) is 40.4 Å². The Hall–Kier alpha value is -1.06. The standard InChI is InChI=1S/C23H38N2O2/c1-21-12-5-7-17(21)16-10-9-15-6-4-8-19(22(2,14-26)25-20(24)27)23(15,3)18(16)11-13-21/h14-19H,4-13H2,1-3H3,(H3,24,25,27)/t15?,16-,17-,18+,19?,21-,22?,23-/m0/s1. The van der Waals surface area contributed by atoms with E-state index in [1.165, 1.54) is 51.4 Å². The Balaban J connectivity index is 1.71. The molecule has 4 fully saturated rings. The minimum atomic E-state index is -0.850. The summed E-state index contributed by atoms with van der Waals surface area (Å²) in [7, 11) is 0. The number of primary amides is 1. The predicted octanol–water partition coefficient (Wildman–Crippen LogP) is 4.66. The third-order valence-corrected chi connectivity index (χ3v) is 9.90. The third kappa shape index (κ3) is 2.76. The van der Waals surface area contributed by atoms with Gasteiger partial charge in [0.05, 0.1) is 5.54 Å². The minimum Gasteiger partial charge on any atom is -0.352 e. The highest BCUT2D eigenvalue weighted by Gasteiger charge is 2.62. The lowest BCUT2D eigenvalue weighted by molar-refractivity contribution is -0.153. The molecule has 2 amide bonds. The topological polar surface area (TPSA) is 72.2 Å². The lowest BCUT2D eigenvalue weighted by atomic mass is 9.41. The molecule has 27 heavy (non-hydrogen) atoms. The van der Waals surface area contributed by atoms with Crippen molar-refractivity contribution in [3.8, 4) is 0 Å². The summed E-state index contributed by atoms with van der Waals surface area (Å²) in [5, 5.41) is 2.85. The van der Waals surface area contributed by atoms with Crippen molar-refractivity contribution >= 4 is 12.3 Å². The van der Waals surface area contributed by atoms with E-state index in [0.29, 0.717) is 17.3 Å². The van der Waals surface area contributed by atoms with Crippen LogP contribution in [0.4, 0.5) is 4.79 Å². The molecule has 4 heteroatoms. The maximum atomic E-state index is 12.2. The summed E-state index contributed by atoms with van der Waals surface area (Å²) in [5.41, 5.74) is 5.31. The number of carbonyl (C=O) groups is 2. The summed E-state index contributed by atoms with van der Waals surface area (Å²) >= 11 is 0. The maximum absolute atomic E-state index is 12.2. The number of hydrogen-bond acceptors (Lipinski definition) is 2. The monoisotopic (exact) mass is 374 g/mol. The summed E-state index contributed by atoms with van der Waals surface area (Å²) in [6, 6.07) is -0.574. The van der Waals surface area contributed by atoms with Gasteiger partial charge in [0.25, 0.3) is 0 Å². The van der Waals surface area contributed by atoms with Gasteiger partial charge in [-0.15, -0.1) is 0 Å². The molecule has 4 aliphatic rings. The molecular formula is C23H38N2O2. The molecule has 152 valence electrons. The third-order valence-electron chi connectivity index (χ3n) is 9.90. The van der Waals surface area contributed by atoms with E-state index in [0.717, 1.165) is 31.0 Å². The highest BCUT2D eigenvalue weighted by Crippen LogP contribution is 2.68. The van der Waals surface area contributed by atoms with Crippen molar-refractivity contribution in [1.29, 1.82) is 0 Å². The number of fused-ring (bicyclic) bond motifs is 5. The second-order valence-corrected chi connectivity index (χ2v) is 11.0. The summed E-state index contributed by atoms with van der Waals surface area (Å²) in [4.78, 5) is 23.9. The molecule has 4 aliphatic carbocycles. The van der Waals surface area contributed by atoms with Gasteiger partial charge in [-0.1, -0.05) is 26.7 Å². The fourth-order valence-electron chi connectivity index (χ4n) is 8.75. The Morgan fingerprint density at radius 1 is 1.04 bits per heavy atom. The molecule has 3 unspecified atom stereocenters. The van der Waals surface area contributed by atoms with Crippen molar-refractivity contribution in [2.75, 3.05) is 0 Å². The highest BCUT2D eigenvalue weighted by molar-refractivity contribution is 5.79. The molecule has 0 aliphatic heterocycles. The van der Waals surface area contributed by atoms with Crippen LogP contribution in [-0.2, 0) is 4.79 Å². The number of nitrogens with two attached hydrogens (primary N) is 1. The van der Waals surface area contributed by atoms with E-state index >= 15 is 0 Å². The number of hydrogen-bond donors (Lipinski definition) is 2. The molecule has 0 radical (unpaired) electrons. The van der Waals surface area contributed by atoms with E-state index in [2.05, 4.69) is 19.2 Å². The van der Waals surface area contributed by atoms with Crippen LogP contribution in [0.2, 0.25) is 0 Å². The van der Waals surface area contributed by atoms with Crippen molar-refractivity contribution in [2.45, 2.75) is 90.5 Å². The van der Waals surface area contributed by atoms with E-state index in [4.69, 9.17) is 5.73 Å². The molecule has 8 atom stereocenters. The molecule has 0 aromatic heterocycles. The van der Waals surface area contributed by atoms with E-state index < -0.39 is 11.6 Å². The zero-order chi connectivity index (χ0) is 19.4. The van der Waals surface area contributed by atoms with Crippen LogP contribution >= 0.6 is 0 Å². The molecule has 0 aromatic rings. The van der Waals surface area contributed by atoms with Gasteiger partial charge in [0.1, 0.15) is 6.29 Å². The van der Waals surface area contributed by atoms with Crippen LogP contribution in [0.15, 0.2) is 0 Å². The van der Waals surface area contributed by atoms with Crippen LogP contribution in [-0.4, -0.2) is 17.9 Å². The first kappa shape index (κ1) is 19.3. The zero-order valence-corrected chi connectivity index (χ0v) is 17.4. The van der Waals surface area contributed by atoms with Gasteiger partial charge in [0.15, 0.2) is 0 Å². The minimum absolute atomic E-state index is 0.128. The molecule has 0 bridgehead atoms. The Morgan fingerprint density at radius 3 is 2.52 bits per heavy atom. The summed E-state index contributed by atoms with van der Waals surface area (Å²) in [6.45, 7) is 6.92. The van der Waals surface area contributed by atoms with Crippen molar-refractivity contribution in [3.63, 3.8) is 0 Å². The van der Waals surface area contributed by atoms with Gasteiger partial charge in [-0.25, -0.2) is 4.79 Å². The predicted molar refractivity (Wildman–Crippen MR) is 107 cm³/mol. The van der Waals surface area contributed by atoms with Gasteiger partial charge in [-0.2, -0.15) is 0 Å². The van der Waals surface area contributed by atoms with Crippen LogP contribution in [0.1, 0.15) is 85.0 Å². The fraction of sp³-hybridized carbons (Fsp3) is 0.913. The Kier molecular flexibility index (Phi) is 4.63. The van der Waals surface area contributed by atoms with Crippen LogP contribution in [0.25, 0.3) is 0 Å². The van der Waals surface area contributed by atoms with Crippen molar-refractivity contribution in [2.24, 2.45) is 46.2 Å². The fourth-order valence-corrected chi connectivity index (χ4v) is 8.75. The van der Waals surface area contributed by atoms with Crippen LogP contribution in [0.3, 0.4) is 0 Å². The number of carbonyl (C=O) groups excluding carboxylic acids is 2. The molecule has 0 spiro atoms. The van der Waals surface area contributed by atoms with E-state index in [-0.39, 0.29) is 11.3 Å². The first-order valence-electron chi connectivity index (χ1n) is 11.3. The normalized spacial score (nSPS) is 48.5. The largest absolute Gasteiger partial charge is 0.352 e. The van der Waals surface area contributed by atoms with Gasteiger partial charge >= 0.3 is 6.03 Å². The Morgan fingerprint density at radius 2 is 1.81 bits per heavy atom.